The molecule has 1 N–H and O–H groups in total. The maximum Gasteiger partial charge on any atom is 0.0719 e. The van der Waals surface area contributed by atoms with Gasteiger partial charge in [0.2, 0.25) is 0 Å². The second kappa shape index (κ2) is 5.17. The third kappa shape index (κ3) is 2.68. The van der Waals surface area contributed by atoms with Gasteiger partial charge in [-0.05, 0) is 23.1 Å². The summed E-state index contributed by atoms with van der Waals surface area (Å²) < 4.78 is 5.47. The highest BCUT2D eigenvalue weighted by atomic mass is 16.5. The summed E-state index contributed by atoms with van der Waals surface area (Å²) in [6.07, 6.45) is 1.07. The smallest absolute Gasteiger partial charge is 0.0719 e. The van der Waals surface area contributed by atoms with Crippen LogP contribution in [-0.2, 0) is 24.3 Å². The van der Waals surface area contributed by atoms with Crippen molar-refractivity contribution in [3.05, 3.63) is 34.9 Å². The molecule has 0 spiro atoms. The predicted molar refractivity (Wildman–Crippen MR) is 67.9 cm³/mol. The molecule has 0 unspecified atom stereocenters. The van der Waals surface area contributed by atoms with Crippen LogP contribution in [0.1, 0.15) is 16.7 Å². The van der Waals surface area contributed by atoms with Gasteiger partial charge in [-0.25, -0.2) is 0 Å². The van der Waals surface area contributed by atoms with Gasteiger partial charge in [0, 0.05) is 32.7 Å². The maximum atomic E-state index is 5.47. The highest BCUT2D eigenvalue weighted by molar-refractivity contribution is 5.33. The van der Waals surface area contributed by atoms with Crippen molar-refractivity contribution in [2.24, 2.45) is 0 Å². The molecule has 0 aliphatic carbocycles. The predicted octanol–water partition coefficient (Wildman–Crippen LogP) is 1.16. The van der Waals surface area contributed by atoms with Crippen LogP contribution in [0.3, 0.4) is 0 Å². The molecule has 1 aromatic carbocycles. The van der Waals surface area contributed by atoms with Crippen molar-refractivity contribution >= 4 is 0 Å². The second-order valence-electron chi connectivity index (χ2n) is 4.93. The Labute approximate surface area is 103 Å². The van der Waals surface area contributed by atoms with Crippen LogP contribution in [0.4, 0.5) is 0 Å². The maximum absolute atomic E-state index is 5.47. The van der Waals surface area contributed by atoms with Crippen molar-refractivity contribution in [2.45, 2.75) is 19.6 Å². The van der Waals surface area contributed by atoms with Gasteiger partial charge in [0.15, 0.2) is 0 Å². The first-order chi connectivity index (χ1) is 8.42. The van der Waals surface area contributed by atoms with Crippen LogP contribution in [0.15, 0.2) is 18.2 Å². The van der Waals surface area contributed by atoms with Gasteiger partial charge >= 0.3 is 0 Å². The van der Waals surface area contributed by atoms with Gasteiger partial charge in [-0.1, -0.05) is 18.2 Å². The van der Waals surface area contributed by atoms with Crippen LogP contribution >= 0.6 is 0 Å². The Bertz CT molecular complexity index is 386. The zero-order chi connectivity index (χ0) is 11.5. The molecular weight excluding hydrogens is 212 g/mol. The average molecular weight is 232 g/mol. The number of fused-ring (bicyclic) bond motifs is 1. The summed E-state index contributed by atoms with van der Waals surface area (Å²) in [4.78, 5) is 2.53. The minimum Gasteiger partial charge on any atom is -0.376 e. The van der Waals surface area contributed by atoms with Gasteiger partial charge in [0.25, 0.3) is 0 Å². The molecule has 1 fully saturated rings. The van der Waals surface area contributed by atoms with E-state index >= 15 is 0 Å². The Balaban J connectivity index is 1.70. The summed E-state index contributed by atoms with van der Waals surface area (Å²) in [6.45, 7) is 7.35. The lowest BCUT2D eigenvalue weighted by atomic mass is 10.00. The number of ether oxygens (including phenoxy) is 1. The molecule has 0 amide bonds. The zero-order valence-electron chi connectivity index (χ0n) is 10.2. The monoisotopic (exact) mass is 232 g/mol. The molecule has 17 heavy (non-hydrogen) atoms. The van der Waals surface area contributed by atoms with Gasteiger partial charge in [0.1, 0.15) is 0 Å². The summed E-state index contributed by atoms with van der Waals surface area (Å²) in [6, 6.07) is 6.88. The Kier molecular flexibility index (Phi) is 3.41. The third-order valence-corrected chi connectivity index (χ3v) is 3.66. The Morgan fingerprint density at radius 1 is 1.18 bits per heavy atom. The summed E-state index contributed by atoms with van der Waals surface area (Å²) in [5.41, 5.74) is 4.32. The van der Waals surface area contributed by atoms with Crippen molar-refractivity contribution in [3.63, 3.8) is 0 Å². The van der Waals surface area contributed by atoms with Gasteiger partial charge in [-0.3, -0.25) is 4.90 Å². The van der Waals surface area contributed by atoms with E-state index in [9.17, 15) is 0 Å². The lowest BCUT2D eigenvalue weighted by Crippen LogP contribution is -2.42. The summed E-state index contributed by atoms with van der Waals surface area (Å²) in [5, 5.41) is 3.39. The highest BCUT2D eigenvalue weighted by Gasteiger charge is 2.13. The molecular formula is C14H20N2O. The number of nitrogens with one attached hydrogen (secondary N) is 1. The lowest BCUT2D eigenvalue weighted by molar-refractivity contribution is 0.110. The molecule has 1 saturated heterocycles. The van der Waals surface area contributed by atoms with Crippen LogP contribution in [0.25, 0.3) is 0 Å². The quantitative estimate of drug-likeness (QED) is 0.828. The van der Waals surface area contributed by atoms with Crippen LogP contribution in [-0.4, -0.2) is 37.7 Å². The van der Waals surface area contributed by atoms with Gasteiger partial charge < -0.3 is 10.1 Å². The number of benzene rings is 1. The molecule has 3 heteroatoms. The van der Waals surface area contributed by atoms with E-state index < -0.39 is 0 Å². The molecule has 2 heterocycles. The fourth-order valence-corrected chi connectivity index (χ4v) is 2.64. The van der Waals surface area contributed by atoms with Gasteiger partial charge in [0.05, 0.1) is 13.2 Å². The molecule has 2 aliphatic rings. The van der Waals surface area contributed by atoms with Crippen molar-refractivity contribution < 1.29 is 4.74 Å². The van der Waals surface area contributed by atoms with Crippen molar-refractivity contribution in [3.8, 4) is 0 Å². The highest BCUT2D eigenvalue weighted by Crippen LogP contribution is 2.19. The van der Waals surface area contributed by atoms with Crippen molar-refractivity contribution in [1.82, 2.24) is 10.2 Å². The summed E-state index contributed by atoms with van der Waals surface area (Å²) >= 11 is 0. The first kappa shape index (κ1) is 11.2. The molecule has 0 aromatic heterocycles. The van der Waals surface area contributed by atoms with E-state index in [1.807, 2.05) is 0 Å². The van der Waals surface area contributed by atoms with E-state index in [0.29, 0.717) is 0 Å². The standard InChI is InChI=1S/C14H20N2O/c1-2-14-11-17-8-3-13(14)9-12(1)10-16-6-4-15-5-7-16/h1-2,9,15H,3-8,10-11H2. The molecule has 1 aromatic rings. The first-order valence-electron chi connectivity index (χ1n) is 6.53. The topological polar surface area (TPSA) is 24.5 Å². The van der Waals surface area contributed by atoms with Crippen molar-refractivity contribution in [1.29, 1.82) is 0 Å². The molecule has 0 saturated carbocycles. The van der Waals surface area contributed by atoms with Crippen LogP contribution in [0.2, 0.25) is 0 Å². The number of rotatable bonds is 2. The van der Waals surface area contributed by atoms with E-state index in [1.165, 1.54) is 29.8 Å². The van der Waals surface area contributed by atoms with E-state index in [1.54, 1.807) is 0 Å². The number of nitrogens with zero attached hydrogens (tertiary/aromatic N) is 1. The fraction of sp³-hybridized carbons (Fsp3) is 0.571. The summed E-state index contributed by atoms with van der Waals surface area (Å²) in [7, 11) is 0. The van der Waals surface area contributed by atoms with E-state index in [4.69, 9.17) is 4.74 Å². The number of hydrogen-bond donors (Lipinski definition) is 1. The van der Waals surface area contributed by atoms with E-state index in [-0.39, 0.29) is 0 Å². The zero-order valence-corrected chi connectivity index (χ0v) is 10.2. The molecule has 2 aliphatic heterocycles. The first-order valence-corrected chi connectivity index (χ1v) is 6.53. The fourth-order valence-electron chi connectivity index (χ4n) is 2.64. The average Bonchev–Trinajstić information content (AvgIpc) is 2.40. The Morgan fingerprint density at radius 3 is 2.94 bits per heavy atom. The largest absolute Gasteiger partial charge is 0.376 e. The Morgan fingerprint density at radius 2 is 2.06 bits per heavy atom. The van der Waals surface area contributed by atoms with Gasteiger partial charge in [-0.2, -0.15) is 0 Å². The SMILES string of the molecule is c1cc2c(cc1CN1CCNCC1)CCOC2. The second-order valence-corrected chi connectivity index (χ2v) is 4.93. The lowest BCUT2D eigenvalue weighted by Gasteiger charge is -2.27. The van der Waals surface area contributed by atoms with E-state index in [2.05, 4.69) is 28.4 Å². The number of hydrogen-bond acceptors (Lipinski definition) is 3. The summed E-state index contributed by atoms with van der Waals surface area (Å²) in [5.74, 6) is 0. The third-order valence-electron chi connectivity index (χ3n) is 3.66. The van der Waals surface area contributed by atoms with Crippen LogP contribution in [0.5, 0.6) is 0 Å². The minimum atomic E-state index is 0.795. The molecule has 92 valence electrons. The van der Waals surface area contributed by atoms with Crippen LogP contribution in [0, 0.1) is 0 Å². The number of piperazine rings is 1. The molecule has 0 bridgehead atoms. The molecule has 0 radical (unpaired) electrons. The molecule has 3 rings (SSSR count). The minimum absolute atomic E-state index is 0.795. The molecule has 3 nitrogen and oxygen atoms in total. The molecule has 0 atom stereocenters. The van der Waals surface area contributed by atoms with E-state index in [0.717, 1.165) is 39.3 Å². The normalized spacial score (nSPS) is 21.2. The van der Waals surface area contributed by atoms with Crippen LogP contribution < -0.4 is 5.32 Å². The Hall–Kier alpha value is -0.900. The van der Waals surface area contributed by atoms with Crippen molar-refractivity contribution in [2.75, 3.05) is 32.8 Å². The van der Waals surface area contributed by atoms with Gasteiger partial charge in [-0.15, -0.1) is 0 Å².